The predicted octanol–water partition coefficient (Wildman–Crippen LogP) is 4.99. The summed E-state index contributed by atoms with van der Waals surface area (Å²) in [5.74, 6) is 1.39. The molecule has 0 aliphatic heterocycles. The van der Waals surface area contributed by atoms with Crippen molar-refractivity contribution in [2.24, 2.45) is 0 Å². The first-order chi connectivity index (χ1) is 13.9. The lowest BCUT2D eigenvalue weighted by molar-refractivity contribution is -0.116. The molecule has 2 N–H and O–H groups in total. The van der Waals surface area contributed by atoms with E-state index < -0.39 is 0 Å². The Morgan fingerprint density at radius 3 is 2.38 bits per heavy atom. The van der Waals surface area contributed by atoms with Crippen LogP contribution in [-0.2, 0) is 16.0 Å². The zero-order valence-electron chi connectivity index (χ0n) is 16.9. The van der Waals surface area contributed by atoms with Gasteiger partial charge in [-0.05, 0) is 29.7 Å². The summed E-state index contributed by atoms with van der Waals surface area (Å²) in [6, 6.07) is 15.2. The molecule has 0 saturated heterocycles. The van der Waals surface area contributed by atoms with Crippen LogP contribution in [0.2, 0.25) is 0 Å². The average Bonchev–Trinajstić information content (AvgIpc) is 3.15. The number of oxazole rings is 1. The first-order valence-corrected chi connectivity index (χ1v) is 9.63. The van der Waals surface area contributed by atoms with Crippen molar-refractivity contribution in [3.8, 4) is 11.3 Å². The van der Waals surface area contributed by atoms with Gasteiger partial charge in [-0.2, -0.15) is 0 Å². The molecular formula is C23H25N3O3. The van der Waals surface area contributed by atoms with Crippen LogP contribution in [-0.4, -0.2) is 16.8 Å². The summed E-state index contributed by atoms with van der Waals surface area (Å²) in [5, 5.41) is 5.51. The number of nitrogens with one attached hydrogen (secondary N) is 2. The van der Waals surface area contributed by atoms with Gasteiger partial charge in [0.1, 0.15) is 0 Å². The van der Waals surface area contributed by atoms with Crippen LogP contribution in [0.4, 0.5) is 11.4 Å². The lowest BCUT2D eigenvalue weighted by Crippen LogP contribution is -2.13. The van der Waals surface area contributed by atoms with E-state index in [1.165, 1.54) is 12.5 Å². The van der Waals surface area contributed by atoms with Gasteiger partial charge in [0.05, 0.1) is 6.20 Å². The summed E-state index contributed by atoms with van der Waals surface area (Å²) in [6.07, 6.45) is 2.34. The van der Waals surface area contributed by atoms with E-state index in [1.807, 2.05) is 12.1 Å². The van der Waals surface area contributed by atoms with Crippen LogP contribution in [0.15, 0.2) is 59.1 Å². The van der Waals surface area contributed by atoms with E-state index in [1.54, 1.807) is 30.5 Å². The number of hydrogen-bond donors (Lipinski definition) is 2. The molecule has 150 valence electrons. The third-order valence-electron chi connectivity index (χ3n) is 4.45. The largest absolute Gasteiger partial charge is 0.441 e. The molecule has 0 atom stereocenters. The number of rotatable bonds is 7. The second kappa shape index (κ2) is 9.19. The fourth-order valence-electron chi connectivity index (χ4n) is 2.91. The van der Waals surface area contributed by atoms with Crippen LogP contribution in [0.25, 0.3) is 11.3 Å². The Morgan fingerprint density at radius 2 is 1.72 bits per heavy atom. The van der Waals surface area contributed by atoms with Gasteiger partial charge in [0.15, 0.2) is 11.7 Å². The van der Waals surface area contributed by atoms with Crippen molar-refractivity contribution in [3.05, 3.63) is 66.2 Å². The number of amides is 2. The van der Waals surface area contributed by atoms with E-state index in [9.17, 15) is 9.59 Å². The SMILES string of the molecule is CC(=O)Nc1cccc(NC(=O)CCc2ncc(-c3ccc(C(C)C)cc3)o2)c1. The highest BCUT2D eigenvalue weighted by Crippen LogP contribution is 2.24. The molecule has 6 heteroatoms. The van der Waals surface area contributed by atoms with Crippen molar-refractivity contribution in [1.29, 1.82) is 0 Å². The van der Waals surface area contributed by atoms with E-state index in [0.29, 0.717) is 35.4 Å². The molecule has 0 radical (unpaired) electrons. The van der Waals surface area contributed by atoms with Crippen LogP contribution in [0.3, 0.4) is 0 Å². The number of hydrogen-bond acceptors (Lipinski definition) is 4. The molecule has 0 unspecified atom stereocenters. The minimum atomic E-state index is -0.160. The molecule has 1 heterocycles. The second-order valence-electron chi connectivity index (χ2n) is 7.21. The van der Waals surface area contributed by atoms with Crippen molar-refractivity contribution >= 4 is 23.2 Å². The molecule has 0 bridgehead atoms. The zero-order chi connectivity index (χ0) is 20.8. The molecule has 3 aromatic rings. The number of anilines is 2. The van der Waals surface area contributed by atoms with Crippen molar-refractivity contribution in [2.75, 3.05) is 10.6 Å². The fourth-order valence-corrected chi connectivity index (χ4v) is 2.91. The number of carbonyl (C=O) groups is 2. The maximum atomic E-state index is 12.2. The third kappa shape index (κ3) is 5.78. The molecule has 6 nitrogen and oxygen atoms in total. The van der Waals surface area contributed by atoms with Gasteiger partial charge in [-0.25, -0.2) is 4.98 Å². The summed E-state index contributed by atoms with van der Waals surface area (Å²) < 4.78 is 5.79. The Morgan fingerprint density at radius 1 is 1.03 bits per heavy atom. The molecule has 2 amide bonds. The molecular weight excluding hydrogens is 366 g/mol. The van der Waals surface area contributed by atoms with E-state index >= 15 is 0 Å². The monoisotopic (exact) mass is 391 g/mol. The maximum Gasteiger partial charge on any atom is 0.224 e. The normalized spacial score (nSPS) is 10.8. The molecule has 0 spiro atoms. The number of aryl methyl sites for hydroxylation is 1. The highest BCUT2D eigenvalue weighted by molar-refractivity contribution is 5.93. The van der Waals surface area contributed by atoms with Gasteiger partial charge in [-0.1, -0.05) is 44.2 Å². The highest BCUT2D eigenvalue weighted by atomic mass is 16.4. The summed E-state index contributed by atoms with van der Waals surface area (Å²) >= 11 is 0. The second-order valence-corrected chi connectivity index (χ2v) is 7.21. The van der Waals surface area contributed by atoms with Crippen molar-refractivity contribution in [3.63, 3.8) is 0 Å². The Balaban J connectivity index is 1.55. The van der Waals surface area contributed by atoms with Crippen molar-refractivity contribution in [1.82, 2.24) is 4.98 Å². The molecule has 29 heavy (non-hydrogen) atoms. The lowest BCUT2D eigenvalue weighted by atomic mass is 10.0. The maximum absolute atomic E-state index is 12.2. The van der Waals surface area contributed by atoms with E-state index in [4.69, 9.17) is 4.42 Å². The molecule has 0 aliphatic rings. The summed E-state index contributed by atoms with van der Waals surface area (Å²) in [6.45, 7) is 5.75. The van der Waals surface area contributed by atoms with Crippen molar-refractivity contribution < 1.29 is 14.0 Å². The first-order valence-electron chi connectivity index (χ1n) is 9.63. The molecule has 0 fully saturated rings. The standard InChI is InChI=1S/C23H25N3O3/c1-15(2)17-7-9-18(10-8-17)21-14-24-23(29-21)12-11-22(28)26-20-6-4-5-19(13-20)25-16(3)27/h4-10,13-15H,11-12H2,1-3H3,(H,25,27)(H,26,28). The molecule has 0 aliphatic carbocycles. The predicted molar refractivity (Wildman–Crippen MR) is 114 cm³/mol. The Hall–Kier alpha value is -3.41. The first kappa shape index (κ1) is 20.3. The minimum absolute atomic E-state index is 0.147. The quantitative estimate of drug-likeness (QED) is 0.594. The van der Waals surface area contributed by atoms with Crippen molar-refractivity contribution in [2.45, 2.75) is 39.5 Å². The van der Waals surface area contributed by atoms with E-state index in [-0.39, 0.29) is 18.2 Å². The highest BCUT2D eigenvalue weighted by Gasteiger charge is 2.10. The van der Waals surface area contributed by atoms with Gasteiger partial charge in [0.2, 0.25) is 11.8 Å². The Kier molecular flexibility index (Phi) is 6.44. The number of aromatic nitrogens is 1. The van der Waals surface area contributed by atoms with Gasteiger partial charge in [0, 0.05) is 36.7 Å². The van der Waals surface area contributed by atoms with Crippen LogP contribution in [0, 0.1) is 0 Å². The average molecular weight is 391 g/mol. The summed E-state index contributed by atoms with van der Waals surface area (Å²) in [7, 11) is 0. The number of carbonyl (C=O) groups excluding carboxylic acids is 2. The lowest BCUT2D eigenvalue weighted by Gasteiger charge is -2.07. The smallest absolute Gasteiger partial charge is 0.224 e. The summed E-state index contributed by atoms with van der Waals surface area (Å²) in [5.41, 5.74) is 3.50. The summed E-state index contributed by atoms with van der Waals surface area (Å²) in [4.78, 5) is 27.7. The van der Waals surface area contributed by atoms with Gasteiger partial charge >= 0.3 is 0 Å². The van der Waals surface area contributed by atoms with E-state index in [2.05, 4.69) is 41.6 Å². The molecule has 1 aromatic heterocycles. The molecule has 3 rings (SSSR count). The Labute approximate surface area is 170 Å². The molecule has 0 saturated carbocycles. The topological polar surface area (TPSA) is 84.2 Å². The van der Waals surface area contributed by atoms with Gasteiger partial charge in [-0.15, -0.1) is 0 Å². The van der Waals surface area contributed by atoms with Gasteiger partial charge < -0.3 is 15.1 Å². The van der Waals surface area contributed by atoms with Crippen LogP contribution >= 0.6 is 0 Å². The molecule has 2 aromatic carbocycles. The number of nitrogens with zero attached hydrogens (tertiary/aromatic N) is 1. The van der Waals surface area contributed by atoms with Crippen LogP contribution < -0.4 is 10.6 Å². The zero-order valence-corrected chi connectivity index (χ0v) is 16.9. The van der Waals surface area contributed by atoms with E-state index in [0.717, 1.165) is 5.56 Å². The van der Waals surface area contributed by atoms with Gasteiger partial charge in [0.25, 0.3) is 0 Å². The third-order valence-corrected chi connectivity index (χ3v) is 4.45. The Bertz CT molecular complexity index is 991. The fraction of sp³-hybridized carbons (Fsp3) is 0.261. The van der Waals surface area contributed by atoms with Gasteiger partial charge in [-0.3, -0.25) is 9.59 Å². The number of benzene rings is 2. The minimum Gasteiger partial charge on any atom is -0.441 e. The van der Waals surface area contributed by atoms with Crippen LogP contribution in [0.5, 0.6) is 0 Å². The van der Waals surface area contributed by atoms with Crippen LogP contribution in [0.1, 0.15) is 44.6 Å².